The van der Waals surface area contributed by atoms with Gasteiger partial charge >= 0.3 is 0 Å². The van der Waals surface area contributed by atoms with Crippen molar-refractivity contribution >= 4 is 15.7 Å². The lowest BCUT2D eigenvalue weighted by Gasteiger charge is -2.20. The highest BCUT2D eigenvalue weighted by Crippen LogP contribution is 2.21. The molecule has 0 aliphatic carbocycles. The molecule has 0 fully saturated rings. The quantitative estimate of drug-likeness (QED) is 0.566. The molecule has 6 nitrogen and oxygen atoms in total. The van der Waals surface area contributed by atoms with Crippen molar-refractivity contribution in [3.05, 3.63) is 23.3 Å². The SMILES string of the molecule is Cc1cc(S(=O)(=O)NCC(C)(O)CO)cc(N)c1C. The first-order valence-electron chi connectivity index (χ1n) is 5.79. The number of nitrogens with two attached hydrogens (primary N) is 1. The molecule has 0 aliphatic heterocycles. The summed E-state index contributed by atoms with van der Waals surface area (Å²) in [7, 11) is -3.77. The van der Waals surface area contributed by atoms with Gasteiger partial charge in [0.05, 0.1) is 17.1 Å². The molecule has 0 aliphatic rings. The van der Waals surface area contributed by atoms with Crippen molar-refractivity contribution in [1.82, 2.24) is 4.72 Å². The molecule has 0 radical (unpaired) electrons. The van der Waals surface area contributed by atoms with Gasteiger partial charge in [0.2, 0.25) is 10.0 Å². The van der Waals surface area contributed by atoms with Crippen LogP contribution in [0.3, 0.4) is 0 Å². The first-order chi connectivity index (χ1) is 8.59. The second kappa shape index (κ2) is 5.46. The second-order valence-corrected chi connectivity index (χ2v) is 6.70. The Morgan fingerprint density at radius 1 is 1.37 bits per heavy atom. The zero-order valence-electron chi connectivity index (χ0n) is 11.3. The van der Waals surface area contributed by atoms with E-state index in [1.165, 1.54) is 19.1 Å². The number of anilines is 1. The van der Waals surface area contributed by atoms with Crippen LogP contribution in [0, 0.1) is 13.8 Å². The summed E-state index contributed by atoms with van der Waals surface area (Å²) in [6.07, 6.45) is 0. The summed E-state index contributed by atoms with van der Waals surface area (Å²) in [5.74, 6) is 0. The van der Waals surface area contributed by atoms with Crippen molar-refractivity contribution in [2.45, 2.75) is 31.3 Å². The van der Waals surface area contributed by atoms with Gasteiger partial charge in [-0.05, 0) is 44.0 Å². The average Bonchev–Trinajstić information content (AvgIpc) is 2.33. The van der Waals surface area contributed by atoms with Crippen LogP contribution in [0.2, 0.25) is 0 Å². The lowest BCUT2D eigenvalue weighted by Crippen LogP contribution is -2.43. The maximum atomic E-state index is 12.1. The van der Waals surface area contributed by atoms with Gasteiger partial charge in [-0.2, -0.15) is 0 Å². The highest BCUT2D eigenvalue weighted by atomic mass is 32.2. The Bertz CT molecular complexity index is 544. The predicted molar refractivity (Wildman–Crippen MR) is 73.2 cm³/mol. The molecule has 1 aromatic rings. The normalized spacial score (nSPS) is 15.2. The molecule has 0 amide bonds. The monoisotopic (exact) mass is 288 g/mol. The molecule has 0 saturated heterocycles. The lowest BCUT2D eigenvalue weighted by molar-refractivity contribution is 0.00681. The van der Waals surface area contributed by atoms with E-state index in [0.717, 1.165) is 11.1 Å². The number of aliphatic hydroxyl groups excluding tert-OH is 1. The third kappa shape index (κ3) is 3.90. The molecule has 0 spiro atoms. The Morgan fingerprint density at radius 3 is 2.42 bits per heavy atom. The maximum Gasteiger partial charge on any atom is 0.240 e. The van der Waals surface area contributed by atoms with Crippen LogP contribution in [0.25, 0.3) is 0 Å². The molecule has 1 aromatic carbocycles. The van der Waals surface area contributed by atoms with Gasteiger partial charge in [0, 0.05) is 12.2 Å². The zero-order valence-corrected chi connectivity index (χ0v) is 12.1. The number of nitrogen functional groups attached to an aromatic ring is 1. The summed E-state index contributed by atoms with van der Waals surface area (Å²) in [5, 5.41) is 18.5. The Morgan fingerprint density at radius 2 is 1.95 bits per heavy atom. The molecule has 19 heavy (non-hydrogen) atoms. The molecule has 108 valence electrons. The van der Waals surface area contributed by atoms with E-state index in [0.29, 0.717) is 5.69 Å². The highest BCUT2D eigenvalue weighted by molar-refractivity contribution is 7.89. The molecular formula is C12H20N2O4S. The first kappa shape index (κ1) is 15.9. The second-order valence-electron chi connectivity index (χ2n) is 4.93. The molecular weight excluding hydrogens is 268 g/mol. The molecule has 1 unspecified atom stereocenters. The third-order valence-corrected chi connectivity index (χ3v) is 4.36. The average molecular weight is 288 g/mol. The number of aliphatic hydroxyl groups is 2. The van der Waals surface area contributed by atoms with Gasteiger partial charge in [0.1, 0.15) is 0 Å². The molecule has 0 aromatic heterocycles. The van der Waals surface area contributed by atoms with Crippen LogP contribution in [0.1, 0.15) is 18.1 Å². The van der Waals surface area contributed by atoms with E-state index in [-0.39, 0.29) is 11.4 Å². The van der Waals surface area contributed by atoms with Crippen LogP contribution in [0.15, 0.2) is 17.0 Å². The van der Waals surface area contributed by atoms with E-state index in [9.17, 15) is 13.5 Å². The summed E-state index contributed by atoms with van der Waals surface area (Å²) < 4.78 is 26.3. The van der Waals surface area contributed by atoms with Crippen LogP contribution >= 0.6 is 0 Å². The highest BCUT2D eigenvalue weighted by Gasteiger charge is 2.23. The molecule has 5 N–H and O–H groups in total. The number of hydrogen-bond acceptors (Lipinski definition) is 5. The number of benzene rings is 1. The van der Waals surface area contributed by atoms with Crippen molar-refractivity contribution in [2.75, 3.05) is 18.9 Å². The third-order valence-electron chi connectivity index (χ3n) is 2.97. The van der Waals surface area contributed by atoms with Crippen molar-refractivity contribution < 1.29 is 18.6 Å². The number of nitrogens with one attached hydrogen (secondary N) is 1. The first-order valence-corrected chi connectivity index (χ1v) is 7.27. The minimum absolute atomic E-state index is 0.0434. The molecule has 0 heterocycles. The van der Waals surface area contributed by atoms with E-state index in [4.69, 9.17) is 10.8 Å². The molecule has 1 atom stereocenters. The Labute approximate surface area is 113 Å². The number of sulfonamides is 1. The van der Waals surface area contributed by atoms with Crippen LogP contribution in [0.4, 0.5) is 5.69 Å². The maximum absolute atomic E-state index is 12.1. The van der Waals surface area contributed by atoms with Crippen LogP contribution < -0.4 is 10.5 Å². The molecule has 1 rings (SSSR count). The summed E-state index contributed by atoms with van der Waals surface area (Å²) in [6.45, 7) is 4.10. The Kier molecular flexibility index (Phi) is 4.57. The van der Waals surface area contributed by atoms with E-state index in [1.807, 2.05) is 6.92 Å². The standard InChI is InChI=1S/C12H20N2O4S/c1-8-4-10(5-11(13)9(8)2)19(17,18)14-6-12(3,16)7-15/h4-5,14-16H,6-7,13H2,1-3H3. The van der Waals surface area contributed by atoms with Gasteiger partial charge in [0.15, 0.2) is 0 Å². The van der Waals surface area contributed by atoms with Crippen molar-refractivity contribution in [3.63, 3.8) is 0 Å². The predicted octanol–water partition coefficient (Wildman–Crippen LogP) is -0.0928. The largest absolute Gasteiger partial charge is 0.398 e. The van der Waals surface area contributed by atoms with Gasteiger partial charge < -0.3 is 15.9 Å². The van der Waals surface area contributed by atoms with Crippen LogP contribution in [-0.4, -0.2) is 37.4 Å². The van der Waals surface area contributed by atoms with Crippen molar-refractivity contribution in [2.24, 2.45) is 0 Å². The summed E-state index contributed by atoms with van der Waals surface area (Å²) in [5.41, 5.74) is 6.25. The number of rotatable bonds is 5. The topological polar surface area (TPSA) is 113 Å². The van der Waals surface area contributed by atoms with Gasteiger partial charge in [-0.3, -0.25) is 0 Å². The summed E-state index contributed by atoms with van der Waals surface area (Å²) >= 11 is 0. The van der Waals surface area contributed by atoms with E-state index in [1.54, 1.807) is 6.92 Å². The van der Waals surface area contributed by atoms with Gasteiger partial charge in [-0.1, -0.05) is 0 Å². The molecule has 7 heteroatoms. The van der Waals surface area contributed by atoms with Gasteiger partial charge in [0.25, 0.3) is 0 Å². The minimum Gasteiger partial charge on any atom is -0.398 e. The Hall–Kier alpha value is -1.15. The lowest BCUT2D eigenvalue weighted by atomic mass is 10.1. The van der Waals surface area contributed by atoms with E-state index >= 15 is 0 Å². The number of hydrogen-bond donors (Lipinski definition) is 4. The minimum atomic E-state index is -3.77. The summed E-state index contributed by atoms with van der Waals surface area (Å²) in [6, 6.07) is 2.89. The Balaban J connectivity index is 3.02. The summed E-state index contributed by atoms with van der Waals surface area (Å²) in [4.78, 5) is 0.0434. The fourth-order valence-electron chi connectivity index (χ4n) is 1.40. The van der Waals surface area contributed by atoms with Gasteiger partial charge in [-0.25, -0.2) is 13.1 Å². The van der Waals surface area contributed by atoms with Crippen molar-refractivity contribution in [1.29, 1.82) is 0 Å². The van der Waals surface area contributed by atoms with Gasteiger partial charge in [-0.15, -0.1) is 0 Å². The van der Waals surface area contributed by atoms with Crippen molar-refractivity contribution in [3.8, 4) is 0 Å². The van der Waals surface area contributed by atoms with E-state index in [2.05, 4.69) is 4.72 Å². The fourth-order valence-corrected chi connectivity index (χ4v) is 2.68. The zero-order chi connectivity index (χ0) is 14.8. The van der Waals surface area contributed by atoms with Crippen LogP contribution in [0.5, 0.6) is 0 Å². The fraction of sp³-hybridized carbons (Fsp3) is 0.500. The number of aryl methyl sites for hydroxylation is 1. The molecule has 0 saturated carbocycles. The van der Waals surface area contributed by atoms with E-state index < -0.39 is 22.2 Å². The smallest absolute Gasteiger partial charge is 0.240 e. The van der Waals surface area contributed by atoms with Crippen LogP contribution in [-0.2, 0) is 10.0 Å². The molecule has 0 bridgehead atoms.